The molecule has 0 radical (unpaired) electrons. The van der Waals surface area contributed by atoms with Gasteiger partial charge in [0.1, 0.15) is 0 Å². The molecule has 2 N–H and O–H groups in total. The van der Waals surface area contributed by atoms with Gasteiger partial charge in [0.15, 0.2) is 11.0 Å². The van der Waals surface area contributed by atoms with Crippen LogP contribution in [0.3, 0.4) is 0 Å². The van der Waals surface area contributed by atoms with Crippen LogP contribution < -0.4 is 10.6 Å². The van der Waals surface area contributed by atoms with Crippen molar-refractivity contribution in [1.29, 1.82) is 0 Å². The number of benzene rings is 2. The Morgan fingerprint density at radius 3 is 2.29 bits per heavy atom. The van der Waals surface area contributed by atoms with Crippen molar-refractivity contribution in [3.8, 4) is 0 Å². The molecule has 2 amide bonds. The molecule has 34 heavy (non-hydrogen) atoms. The van der Waals surface area contributed by atoms with E-state index in [2.05, 4.69) is 34.7 Å². The van der Waals surface area contributed by atoms with Gasteiger partial charge in [-0.3, -0.25) is 9.59 Å². The van der Waals surface area contributed by atoms with Crippen LogP contribution in [0, 0.1) is 12.8 Å². The lowest BCUT2D eigenvalue weighted by atomic mass is 10.0. The number of nitrogens with zero attached hydrogens (tertiary/aromatic N) is 3. The van der Waals surface area contributed by atoms with Gasteiger partial charge in [-0.15, -0.1) is 10.2 Å². The van der Waals surface area contributed by atoms with Gasteiger partial charge in [0.2, 0.25) is 5.91 Å². The summed E-state index contributed by atoms with van der Waals surface area (Å²) in [5, 5.41) is 15.3. The summed E-state index contributed by atoms with van der Waals surface area (Å²) in [5.74, 6) is 1.16. The Morgan fingerprint density at radius 2 is 1.68 bits per heavy atom. The summed E-state index contributed by atoms with van der Waals surface area (Å²) in [5.41, 5.74) is 3.56. The summed E-state index contributed by atoms with van der Waals surface area (Å²) in [6.45, 7) is 10.2. The van der Waals surface area contributed by atoms with Crippen LogP contribution in [0.15, 0.2) is 53.7 Å². The average molecular weight is 480 g/mol. The van der Waals surface area contributed by atoms with Crippen molar-refractivity contribution in [2.24, 2.45) is 13.0 Å². The van der Waals surface area contributed by atoms with E-state index in [9.17, 15) is 9.59 Å². The van der Waals surface area contributed by atoms with Gasteiger partial charge in [0.05, 0.1) is 11.8 Å². The molecule has 0 aliphatic rings. The van der Waals surface area contributed by atoms with Crippen LogP contribution in [0.25, 0.3) is 0 Å². The third-order valence-corrected chi connectivity index (χ3v) is 6.70. The molecule has 1 aromatic heterocycles. The highest BCUT2D eigenvalue weighted by atomic mass is 32.2. The Balaban J connectivity index is 1.64. The molecule has 3 aromatic rings. The SMILES string of the molecule is Cc1ccccc1C(=O)NC(c1nnc(SCC(=O)Nc2ccc(C(C)C)cc2)n1C)C(C)C. The molecule has 3 rings (SSSR count). The zero-order valence-electron chi connectivity index (χ0n) is 20.6. The zero-order chi connectivity index (χ0) is 24.8. The summed E-state index contributed by atoms with van der Waals surface area (Å²) in [6.07, 6.45) is 0. The first-order valence-electron chi connectivity index (χ1n) is 11.5. The Labute approximate surface area is 205 Å². The first-order chi connectivity index (χ1) is 16.2. The quantitative estimate of drug-likeness (QED) is 0.417. The van der Waals surface area contributed by atoms with Gasteiger partial charge in [0.25, 0.3) is 5.91 Å². The molecule has 2 aromatic carbocycles. The number of aryl methyl sites for hydroxylation is 1. The van der Waals surface area contributed by atoms with E-state index in [1.165, 1.54) is 17.3 Å². The molecule has 1 heterocycles. The summed E-state index contributed by atoms with van der Waals surface area (Å²) in [4.78, 5) is 25.3. The predicted molar refractivity (Wildman–Crippen MR) is 137 cm³/mol. The fourth-order valence-corrected chi connectivity index (χ4v) is 4.30. The van der Waals surface area contributed by atoms with Crippen LogP contribution in [0.4, 0.5) is 5.69 Å². The standard InChI is InChI=1S/C26H33N5O2S/c1-16(2)19-11-13-20(14-12-19)27-22(32)15-34-26-30-29-24(31(26)6)23(17(3)4)28-25(33)21-10-8-7-9-18(21)5/h7-14,16-17,23H,15H2,1-6H3,(H,27,32)(H,28,33). The minimum atomic E-state index is -0.313. The second kappa shape index (κ2) is 11.3. The monoisotopic (exact) mass is 479 g/mol. The van der Waals surface area contributed by atoms with Gasteiger partial charge >= 0.3 is 0 Å². The molecule has 0 aliphatic carbocycles. The number of rotatable bonds is 9. The largest absolute Gasteiger partial charge is 0.342 e. The van der Waals surface area contributed by atoms with Gasteiger partial charge in [-0.05, 0) is 48.1 Å². The van der Waals surface area contributed by atoms with Crippen LogP contribution in [0.1, 0.15) is 67.0 Å². The van der Waals surface area contributed by atoms with E-state index in [1.54, 1.807) is 0 Å². The van der Waals surface area contributed by atoms with Crippen LogP contribution in [-0.4, -0.2) is 32.3 Å². The molecule has 180 valence electrons. The molecule has 0 bridgehead atoms. The number of nitrogens with one attached hydrogen (secondary N) is 2. The maximum Gasteiger partial charge on any atom is 0.252 e. The zero-order valence-corrected chi connectivity index (χ0v) is 21.4. The van der Waals surface area contributed by atoms with Gasteiger partial charge in [-0.2, -0.15) is 0 Å². The Hall–Kier alpha value is -3.13. The third kappa shape index (κ3) is 6.26. The number of hydrogen-bond acceptors (Lipinski definition) is 5. The number of carbonyl (C=O) groups is 2. The third-order valence-electron chi connectivity index (χ3n) is 5.68. The molecule has 0 saturated carbocycles. The van der Waals surface area contributed by atoms with Gasteiger partial charge < -0.3 is 15.2 Å². The molecule has 1 unspecified atom stereocenters. The molecule has 0 saturated heterocycles. The van der Waals surface area contributed by atoms with Gasteiger partial charge in [0, 0.05) is 18.3 Å². The molecule has 0 spiro atoms. The summed E-state index contributed by atoms with van der Waals surface area (Å²) < 4.78 is 1.85. The lowest BCUT2D eigenvalue weighted by molar-refractivity contribution is -0.113. The fraction of sp³-hybridized carbons (Fsp3) is 0.385. The topological polar surface area (TPSA) is 88.9 Å². The first-order valence-corrected chi connectivity index (χ1v) is 12.4. The van der Waals surface area contributed by atoms with Crippen LogP contribution in [-0.2, 0) is 11.8 Å². The molecular weight excluding hydrogens is 446 g/mol. The minimum Gasteiger partial charge on any atom is -0.342 e. The molecule has 0 aliphatic heterocycles. The van der Waals surface area contributed by atoms with Crippen molar-refractivity contribution < 1.29 is 9.59 Å². The Kier molecular flexibility index (Phi) is 8.50. The lowest BCUT2D eigenvalue weighted by Crippen LogP contribution is -2.34. The number of amides is 2. The van der Waals surface area contributed by atoms with Gasteiger partial charge in [-0.25, -0.2) is 0 Å². The van der Waals surface area contributed by atoms with E-state index in [4.69, 9.17) is 0 Å². The molecule has 1 atom stereocenters. The van der Waals surface area contributed by atoms with E-state index < -0.39 is 0 Å². The summed E-state index contributed by atoms with van der Waals surface area (Å²) >= 11 is 1.31. The molecular formula is C26H33N5O2S. The number of aromatic nitrogens is 3. The average Bonchev–Trinajstić information content (AvgIpc) is 3.16. The summed E-state index contributed by atoms with van der Waals surface area (Å²) in [7, 11) is 1.86. The number of carbonyl (C=O) groups excluding carboxylic acids is 2. The highest BCUT2D eigenvalue weighted by Crippen LogP contribution is 2.25. The lowest BCUT2D eigenvalue weighted by Gasteiger charge is -2.22. The van der Waals surface area contributed by atoms with Crippen LogP contribution in [0.5, 0.6) is 0 Å². The van der Waals surface area contributed by atoms with E-state index >= 15 is 0 Å². The van der Waals surface area contributed by atoms with Crippen molar-refractivity contribution in [2.45, 2.75) is 51.7 Å². The van der Waals surface area contributed by atoms with Crippen molar-refractivity contribution in [2.75, 3.05) is 11.1 Å². The Morgan fingerprint density at radius 1 is 1.00 bits per heavy atom. The first kappa shape index (κ1) is 25.5. The maximum absolute atomic E-state index is 12.9. The van der Waals surface area contributed by atoms with Gasteiger partial charge in [-0.1, -0.05) is 69.8 Å². The second-order valence-corrected chi connectivity index (χ2v) is 9.97. The van der Waals surface area contributed by atoms with E-state index in [1.807, 2.05) is 80.9 Å². The predicted octanol–water partition coefficient (Wildman–Crippen LogP) is 5.10. The number of anilines is 1. The highest BCUT2D eigenvalue weighted by molar-refractivity contribution is 7.99. The van der Waals surface area contributed by atoms with Crippen LogP contribution >= 0.6 is 11.8 Å². The molecule has 0 fully saturated rings. The second-order valence-electron chi connectivity index (χ2n) is 9.02. The Bertz CT molecular complexity index is 1140. The van der Waals surface area contributed by atoms with Crippen molar-refractivity contribution >= 4 is 29.3 Å². The number of hydrogen-bond donors (Lipinski definition) is 2. The van der Waals surface area contributed by atoms with E-state index in [0.717, 1.165) is 11.3 Å². The highest BCUT2D eigenvalue weighted by Gasteiger charge is 2.25. The normalized spacial score (nSPS) is 12.1. The summed E-state index contributed by atoms with van der Waals surface area (Å²) in [6, 6.07) is 15.1. The molecule has 8 heteroatoms. The van der Waals surface area contributed by atoms with E-state index in [-0.39, 0.29) is 29.5 Å². The number of thioether (sulfide) groups is 1. The van der Waals surface area contributed by atoms with E-state index in [0.29, 0.717) is 22.5 Å². The maximum atomic E-state index is 12.9. The van der Waals surface area contributed by atoms with Crippen molar-refractivity contribution in [1.82, 2.24) is 20.1 Å². The van der Waals surface area contributed by atoms with Crippen LogP contribution in [0.2, 0.25) is 0 Å². The fourth-order valence-electron chi connectivity index (χ4n) is 3.58. The minimum absolute atomic E-state index is 0.103. The smallest absolute Gasteiger partial charge is 0.252 e. The van der Waals surface area contributed by atoms with Crippen molar-refractivity contribution in [3.05, 3.63) is 71.0 Å². The van der Waals surface area contributed by atoms with Crippen molar-refractivity contribution in [3.63, 3.8) is 0 Å². The molecule has 7 nitrogen and oxygen atoms in total.